The zero-order valence-electron chi connectivity index (χ0n) is 12.3. The maximum Gasteiger partial charge on any atom is 0.269 e. The van der Waals surface area contributed by atoms with E-state index in [1.807, 2.05) is 30.3 Å². The van der Waals surface area contributed by atoms with Gasteiger partial charge in [0.05, 0.1) is 9.82 Å². The van der Waals surface area contributed by atoms with Crippen molar-refractivity contribution in [3.8, 4) is 0 Å². The van der Waals surface area contributed by atoms with Crippen LogP contribution < -0.4 is 0 Å². The molecule has 0 amide bonds. The van der Waals surface area contributed by atoms with Crippen LogP contribution in [0.1, 0.15) is 18.4 Å². The van der Waals surface area contributed by atoms with Crippen LogP contribution >= 0.6 is 0 Å². The Balaban J connectivity index is 1.90. The minimum absolute atomic E-state index is 0.00963. The zero-order valence-corrected chi connectivity index (χ0v) is 13.1. The molecule has 0 heterocycles. The van der Waals surface area contributed by atoms with Crippen molar-refractivity contribution < 1.29 is 13.3 Å². The Hall–Kier alpha value is -2.25. The Morgan fingerprint density at radius 1 is 1.04 bits per heavy atom. The molecule has 1 aliphatic rings. The standard InChI is InChI=1S/C16H16N2O4S/c19-18(20)15-8-10-16(11-9-15)23(21,22)17(14-6-7-14)12-13-4-2-1-3-5-13/h1-5,8-11,14H,6-7,12H2. The van der Waals surface area contributed by atoms with Crippen molar-refractivity contribution in [1.82, 2.24) is 4.31 Å². The summed E-state index contributed by atoms with van der Waals surface area (Å²) in [5, 5.41) is 10.7. The number of rotatable bonds is 6. The van der Waals surface area contributed by atoms with E-state index in [2.05, 4.69) is 0 Å². The molecule has 3 rings (SSSR count). The summed E-state index contributed by atoms with van der Waals surface area (Å²) >= 11 is 0. The number of hydrogen-bond acceptors (Lipinski definition) is 4. The molecule has 0 spiro atoms. The molecule has 0 N–H and O–H groups in total. The van der Waals surface area contributed by atoms with E-state index in [0.717, 1.165) is 18.4 Å². The van der Waals surface area contributed by atoms with E-state index < -0.39 is 14.9 Å². The molecular weight excluding hydrogens is 316 g/mol. The normalized spacial score (nSPS) is 14.8. The Bertz CT molecular complexity index is 800. The second-order valence-corrected chi connectivity index (χ2v) is 7.41. The van der Waals surface area contributed by atoms with E-state index >= 15 is 0 Å². The molecule has 23 heavy (non-hydrogen) atoms. The van der Waals surface area contributed by atoms with E-state index in [1.165, 1.54) is 28.6 Å². The molecule has 1 saturated carbocycles. The number of non-ortho nitro benzene ring substituents is 1. The van der Waals surface area contributed by atoms with Gasteiger partial charge in [-0.05, 0) is 30.5 Å². The van der Waals surface area contributed by atoms with E-state index in [0.29, 0.717) is 6.54 Å². The van der Waals surface area contributed by atoms with Gasteiger partial charge in [-0.3, -0.25) is 10.1 Å². The Labute approximate surface area is 134 Å². The van der Waals surface area contributed by atoms with Gasteiger partial charge in [-0.1, -0.05) is 30.3 Å². The first-order valence-electron chi connectivity index (χ1n) is 7.29. The van der Waals surface area contributed by atoms with Crippen LogP contribution in [0, 0.1) is 10.1 Å². The van der Waals surface area contributed by atoms with Gasteiger partial charge in [-0.15, -0.1) is 0 Å². The second-order valence-electron chi connectivity index (χ2n) is 5.52. The largest absolute Gasteiger partial charge is 0.269 e. The van der Waals surface area contributed by atoms with Gasteiger partial charge in [-0.2, -0.15) is 4.31 Å². The van der Waals surface area contributed by atoms with Gasteiger partial charge in [0.15, 0.2) is 0 Å². The van der Waals surface area contributed by atoms with Gasteiger partial charge >= 0.3 is 0 Å². The van der Waals surface area contributed by atoms with Crippen molar-refractivity contribution in [1.29, 1.82) is 0 Å². The highest BCUT2D eigenvalue weighted by molar-refractivity contribution is 7.89. The summed E-state index contributed by atoms with van der Waals surface area (Å²) in [6.45, 7) is 0.310. The quantitative estimate of drug-likeness (QED) is 0.601. The van der Waals surface area contributed by atoms with E-state index in [9.17, 15) is 18.5 Å². The van der Waals surface area contributed by atoms with E-state index in [-0.39, 0.29) is 16.6 Å². The van der Waals surface area contributed by atoms with Crippen molar-refractivity contribution in [3.63, 3.8) is 0 Å². The van der Waals surface area contributed by atoms with Crippen LogP contribution in [-0.4, -0.2) is 23.7 Å². The molecule has 2 aromatic rings. The lowest BCUT2D eigenvalue weighted by Crippen LogP contribution is -2.32. The first-order chi connectivity index (χ1) is 11.0. The van der Waals surface area contributed by atoms with Crippen molar-refractivity contribution in [2.24, 2.45) is 0 Å². The molecule has 6 nitrogen and oxygen atoms in total. The molecule has 0 bridgehead atoms. The summed E-state index contributed by atoms with van der Waals surface area (Å²) in [4.78, 5) is 10.2. The van der Waals surface area contributed by atoms with Crippen molar-refractivity contribution in [2.45, 2.75) is 30.3 Å². The fourth-order valence-corrected chi connectivity index (χ4v) is 4.08. The van der Waals surface area contributed by atoms with Crippen LogP contribution in [0.4, 0.5) is 5.69 Å². The summed E-state index contributed by atoms with van der Waals surface area (Å²) in [6.07, 6.45) is 1.69. The number of sulfonamides is 1. The number of hydrogen-bond donors (Lipinski definition) is 0. The van der Waals surface area contributed by atoms with Gasteiger partial charge in [0.25, 0.3) is 5.69 Å². The average molecular weight is 332 g/mol. The Morgan fingerprint density at radius 2 is 1.65 bits per heavy atom. The molecule has 0 unspecified atom stereocenters. The zero-order chi connectivity index (χ0) is 16.4. The summed E-state index contributed by atoms with van der Waals surface area (Å²) < 4.78 is 27.2. The van der Waals surface area contributed by atoms with Crippen LogP contribution in [0.5, 0.6) is 0 Å². The lowest BCUT2D eigenvalue weighted by molar-refractivity contribution is -0.384. The third kappa shape index (κ3) is 3.40. The fourth-order valence-electron chi connectivity index (χ4n) is 2.41. The fraction of sp³-hybridized carbons (Fsp3) is 0.250. The maximum atomic E-state index is 12.9. The molecule has 0 radical (unpaired) electrons. The molecule has 0 atom stereocenters. The van der Waals surface area contributed by atoms with Gasteiger partial charge in [-0.25, -0.2) is 8.42 Å². The lowest BCUT2D eigenvalue weighted by Gasteiger charge is -2.22. The summed E-state index contributed by atoms with van der Waals surface area (Å²) in [5.41, 5.74) is 0.801. The van der Waals surface area contributed by atoms with Gasteiger partial charge in [0.1, 0.15) is 0 Å². The first kappa shape index (κ1) is 15.6. The van der Waals surface area contributed by atoms with Crippen LogP contribution in [-0.2, 0) is 16.6 Å². The van der Waals surface area contributed by atoms with Crippen molar-refractivity contribution >= 4 is 15.7 Å². The molecular formula is C16H16N2O4S. The average Bonchev–Trinajstić information content (AvgIpc) is 3.38. The van der Waals surface area contributed by atoms with Crippen LogP contribution in [0.2, 0.25) is 0 Å². The van der Waals surface area contributed by atoms with E-state index in [1.54, 1.807) is 0 Å². The highest BCUT2D eigenvalue weighted by atomic mass is 32.2. The Morgan fingerprint density at radius 3 is 2.17 bits per heavy atom. The molecule has 7 heteroatoms. The van der Waals surface area contributed by atoms with Crippen molar-refractivity contribution in [3.05, 3.63) is 70.3 Å². The molecule has 120 valence electrons. The molecule has 0 saturated heterocycles. The minimum atomic E-state index is -3.67. The number of benzene rings is 2. The predicted octanol–water partition coefficient (Wildman–Crippen LogP) is 2.95. The molecule has 0 aliphatic heterocycles. The maximum absolute atomic E-state index is 12.9. The molecule has 1 fully saturated rings. The smallest absolute Gasteiger partial charge is 0.258 e. The van der Waals surface area contributed by atoms with Crippen LogP contribution in [0.15, 0.2) is 59.5 Å². The molecule has 1 aliphatic carbocycles. The van der Waals surface area contributed by atoms with Crippen LogP contribution in [0.25, 0.3) is 0 Å². The summed E-state index contributed by atoms with van der Waals surface area (Å²) in [6, 6.07) is 14.5. The highest BCUT2D eigenvalue weighted by Gasteiger charge is 2.38. The SMILES string of the molecule is O=[N+]([O-])c1ccc(S(=O)(=O)N(Cc2ccccc2)C2CC2)cc1. The van der Waals surface area contributed by atoms with Crippen LogP contribution in [0.3, 0.4) is 0 Å². The topological polar surface area (TPSA) is 80.5 Å². The number of nitrogens with zero attached hydrogens (tertiary/aromatic N) is 2. The lowest BCUT2D eigenvalue weighted by atomic mass is 10.2. The highest BCUT2D eigenvalue weighted by Crippen LogP contribution is 2.33. The molecule has 0 aromatic heterocycles. The first-order valence-corrected chi connectivity index (χ1v) is 8.73. The summed E-state index contributed by atoms with van der Waals surface area (Å²) in [7, 11) is -3.67. The monoisotopic (exact) mass is 332 g/mol. The minimum Gasteiger partial charge on any atom is -0.258 e. The Kier molecular flexibility index (Phi) is 4.14. The second kappa shape index (κ2) is 6.10. The third-order valence-corrected chi connectivity index (χ3v) is 5.70. The van der Waals surface area contributed by atoms with Gasteiger partial charge < -0.3 is 0 Å². The van der Waals surface area contributed by atoms with Gasteiger partial charge in [0.2, 0.25) is 10.0 Å². The molecule has 2 aromatic carbocycles. The van der Waals surface area contributed by atoms with Gasteiger partial charge in [0, 0.05) is 24.7 Å². The number of nitro benzene ring substituents is 1. The van der Waals surface area contributed by atoms with Crippen molar-refractivity contribution in [2.75, 3.05) is 0 Å². The summed E-state index contributed by atoms with van der Waals surface area (Å²) in [5.74, 6) is 0. The predicted molar refractivity (Wildman–Crippen MR) is 85.3 cm³/mol. The third-order valence-electron chi connectivity index (χ3n) is 3.79. The van der Waals surface area contributed by atoms with E-state index in [4.69, 9.17) is 0 Å². The number of nitro groups is 1.